The Balaban J connectivity index is 1.43. The minimum atomic E-state index is -3.35. The normalized spacial score (nSPS) is 33.0. The Kier molecular flexibility index (Phi) is 9.86. The van der Waals surface area contributed by atoms with Crippen molar-refractivity contribution in [2.45, 2.75) is 119 Å². The van der Waals surface area contributed by atoms with Gasteiger partial charge in [0.25, 0.3) is 5.91 Å². The molecule has 2 heterocycles. The molecule has 5 rings (SSSR count). The van der Waals surface area contributed by atoms with Crippen LogP contribution in [0.3, 0.4) is 0 Å². The fourth-order valence-corrected chi connectivity index (χ4v) is 9.53. The van der Waals surface area contributed by atoms with Crippen molar-refractivity contribution in [1.29, 1.82) is 0 Å². The van der Waals surface area contributed by atoms with Crippen molar-refractivity contribution in [2.75, 3.05) is 32.1 Å². The number of amides is 1. The molecule has 2 saturated carbocycles. The Morgan fingerprint density at radius 3 is 2.60 bits per heavy atom. The number of hydrogen-bond donors (Lipinski definition) is 1. The maximum absolute atomic E-state index is 14.4. The van der Waals surface area contributed by atoms with Gasteiger partial charge >= 0.3 is 0 Å². The van der Waals surface area contributed by atoms with E-state index in [0.717, 1.165) is 83.5 Å². The highest BCUT2D eigenvalue weighted by Crippen LogP contribution is 2.46. The third-order valence-corrected chi connectivity index (χ3v) is 12.1. The van der Waals surface area contributed by atoms with Crippen LogP contribution in [0.25, 0.3) is 0 Å². The minimum Gasteiger partial charge on any atom is -0.615 e. The molecule has 3 aliphatic carbocycles. The number of aliphatic hydroxyl groups excluding tert-OH is 1. The predicted molar refractivity (Wildman–Crippen MR) is 156 cm³/mol. The summed E-state index contributed by atoms with van der Waals surface area (Å²) < 4.78 is 39.8. The van der Waals surface area contributed by atoms with E-state index in [0.29, 0.717) is 32.0 Å². The second kappa shape index (κ2) is 13.2. The maximum atomic E-state index is 14.4. The molecule has 9 heteroatoms. The van der Waals surface area contributed by atoms with Crippen LogP contribution in [0.5, 0.6) is 0 Å². The lowest BCUT2D eigenvalue weighted by Gasteiger charge is -2.35. The monoisotopic (exact) mass is 576 g/mol. The summed E-state index contributed by atoms with van der Waals surface area (Å²) in [4.78, 5) is 21.4. The second-order valence-electron chi connectivity index (χ2n) is 12.5. The van der Waals surface area contributed by atoms with Gasteiger partial charge in [0.05, 0.1) is 6.10 Å². The number of aliphatic hydroxyl groups is 1. The highest BCUT2D eigenvalue weighted by Gasteiger charge is 2.58. The average molecular weight is 577 g/mol. The summed E-state index contributed by atoms with van der Waals surface area (Å²) in [5, 5.41) is 8.75. The maximum Gasteiger partial charge on any atom is 0.255 e. The summed E-state index contributed by atoms with van der Waals surface area (Å²) in [6.07, 6.45) is 14.1. The summed E-state index contributed by atoms with van der Waals surface area (Å²) >= 11 is 0. The van der Waals surface area contributed by atoms with Gasteiger partial charge in [-0.05, 0) is 94.6 Å². The quantitative estimate of drug-likeness (QED) is 0.216. The molecule has 0 spiro atoms. The molecule has 0 aromatic carbocycles. The van der Waals surface area contributed by atoms with Crippen LogP contribution in [0.2, 0.25) is 0 Å². The number of nitrogens with zero attached hydrogens (tertiary/aromatic N) is 2. The average Bonchev–Trinajstić information content (AvgIpc) is 3.34. The van der Waals surface area contributed by atoms with Crippen LogP contribution in [-0.4, -0.2) is 81.4 Å². The Morgan fingerprint density at radius 2 is 1.88 bits per heavy atom. The first-order chi connectivity index (χ1) is 19.4. The van der Waals surface area contributed by atoms with Crippen molar-refractivity contribution >= 4 is 22.0 Å². The van der Waals surface area contributed by atoms with Crippen molar-refractivity contribution in [3.8, 4) is 0 Å². The lowest BCUT2D eigenvalue weighted by Crippen LogP contribution is -2.54. The van der Waals surface area contributed by atoms with E-state index in [4.69, 9.17) is 19.6 Å². The van der Waals surface area contributed by atoms with Gasteiger partial charge in [0.1, 0.15) is 11.0 Å². The molecule has 2 fully saturated rings. The van der Waals surface area contributed by atoms with Crippen molar-refractivity contribution < 1.29 is 28.1 Å². The predicted octanol–water partition coefficient (Wildman–Crippen LogP) is 4.73. The number of aliphatic imine (C=N–C) groups is 1. The number of fused-ring (bicyclic) bond motifs is 2. The van der Waals surface area contributed by atoms with Crippen LogP contribution < -0.4 is 0 Å². The number of carbonyl (C=O) groups is 1. The third kappa shape index (κ3) is 6.27. The first kappa shape index (κ1) is 29.9. The number of hydrogen-bond acceptors (Lipinski definition) is 7. The first-order valence-electron chi connectivity index (χ1n) is 15.7. The molecule has 3 atom stereocenters. The summed E-state index contributed by atoms with van der Waals surface area (Å²) in [6.45, 7) is 5.57. The van der Waals surface area contributed by atoms with E-state index in [9.17, 15) is 13.6 Å². The topological polar surface area (TPSA) is 111 Å². The molecule has 1 unspecified atom stereocenters. The molecule has 1 amide bonds. The molecular formula is C31H48N2O6S. The van der Waals surface area contributed by atoms with Gasteiger partial charge < -0.3 is 24.0 Å². The Labute approximate surface area is 240 Å². The first-order valence-corrected chi connectivity index (χ1v) is 17.4. The third-order valence-electron chi connectivity index (χ3n) is 9.82. The SMILES string of the molecule is C=CCN1CC2=C(CCCC2)[C@H]2OC(C3CCC(OCCCO)CC3)=N[C@@]2(CC[S+](=O)([O-])C2CCCCC2)C1=O. The molecule has 8 nitrogen and oxygen atoms in total. The largest absolute Gasteiger partial charge is 0.615 e. The number of ether oxygens (including phenoxy) is 2. The zero-order valence-corrected chi connectivity index (χ0v) is 24.8. The second-order valence-corrected chi connectivity index (χ2v) is 14.9. The molecular weight excluding hydrogens is 528 g/mol. The van der Waals surface area contributed by atoms with Crippen molar-refractivity contribution in [1.82, 2.24) is 4.90 Å². The van der Waals surface area contributed by atoms with E-state index in [2.05, 4.69) is 6.58 Å². The smallest absolute Gasteiger partial charge is 0.255 e. The molecule has 0 saturated heterocycles. The minimum absolute atomic E-state index is 0.0317. The molecule has 0 radical (unpaired) electrons. The summed E-state index contributed by atoms with van der Waals surface area (Å²) in [6, 6.07) is 0. The zero-order chi connectivity index (χ0) is 28.2. The summed E-state index contributed by atoms with van der Waals surface area (Å²) in [7, 11) is -3.35. The van der Waals surface area contributed by atoms with Gasteiger partial charge in [-0.2, -0.15) is 0 Å². The van der Waals surface area contributed by atoms with Crippen LogP contribution >= 0.6 is 0 Å². The molecule has 40 heavy (non-hydrogen) atoms. The van der Waals surface area contributed by atoms with E-state index in [-0.39, 0.29) is 42.0 Å². The van der Waals surface area contributed by atoms with Gasteiger partial charge in [0, 0.05) is 48.9 Å². The van der Waals surface area contributed by atoms with Gasteiger partial charge in [-0.3, -0.25) is 4.79 Å². The van der Waals surface area contributed by atoms with Gasteiger partial charge in [0.2, 0.25) is 0 Å². The van der Waals surface area contributed by atoms with E-state index < -0.39 is 21.9 Å². The lowest BCUT2D eigenvalue weighted by atomic mass is 9.80. The van der Waals surface area contributed by atoms with Gasteiger partial charge in [-0.15, -0.1) is 10.8 Å². The molecule has 5 aliphatic rings. The fraction of sp³-hybridized carbons (Fsp3) is 0.806. The fourth-order valence-electron chi connectivity index (χ4n) is 7.55. The lowest BCUT2D eigenvalue weighted by molar-refractivity contribution is -0.137. The van der Waals surface area contributed by atoms with Crippen molar-refractivity contribution in [3.05, 3.63) is 23.8 Å². The Hall–Kier alpha value is -1.55. The van der Waals surface area contributed by atoms with E-state index in [1.165, 1.54) is 11.1 Å². The molecule has 2 aliphatic heterocycles. The van der Waals surface area contributed by atoms with Gasteiger partial charge in [-0.1, -0.05) is 12.5 Å². The summed E-state index contributed by atoms with van der Waals surface area (Å²) in [5.74, 6) is 0.599. The standard InChI is InChI=1S/C31H48N2O6S/c1-2-18-33-22-24-9-6-7-12-27(24)28-31(30(33)35,17-21-40(36,37)26-10-4-3-5-11-26)32-29(39-28)23-13-15-25(16-14-23)38-20-8-19-34/h2,23,25-26,28,34H,1,3-22H2/t23?,25?,28-,31-/m1/s1. The van der Waals surface area contributed by atoms with Gasteiger partial charge in [-0.25, -0.2) is 4.99 Å². The van der Waals surface area contributed by atoms with Crippen LogP contribution in [0.4, 0.5) is 0 Å². The molecule has 1 N–H and O–H groups in total. The molecule has 0 bridgehead atoms. The Bertz CT molecular complexity index is 1030. The molecule has 0 aromatic heterocycles. The van der Waals surface area contributed by atoms with Crippen LogP contribution in [0.15, 0.2) is 28.8 Å². The van der Waals surface area contributed by atoms with Crippen LogP contribution in [0, 0.1) is 5.92 Å². The number of rotatable bonds is 11. The number of sulfone groups is 1. The Morgan fingerprint density at radius 1 is 1.12 bits per heavy atom. The van der Waals surface area contributed by atoms with Crippen molar-refractivity contribution in [3.63, 3.8) is 0 Å². The molecule has 0 aromatic rings. The van der Waals surface area contributed by atoms with E-state index in [1.807, 2.05) is 4.90 Å². The van der Waals surface area contributed by atoms with Crippen LogP contribution in [-0.2, 0) is 28.7 Å². The zero-order valence-electron chi connectivity index (χ0n) is 24.0. The van der Waals surface area contributed by atoms with E-state index in [1.54, 1.807) is 6.08 Å². The van der Waals surface area contributed by atoms with Crippen LogP contribution in [0.1, 0.15) is 96.3 Å². The van der Waals surface area contributed by atoms with E-state index >= 15 is 0 Å². The number of carbonyl (C=O) groups excluding carboxylic acids is 1. The molecule has 224 valence electrons. The van der Waals surface area contributed by atoms with Gasteiger partial charge in [0.15, 0.2) is 17.5 Å². The summed E-state index contributed by atoms with van der Waals surface area (Å²) in [5.41, 5.74) is 1.21. The highest BCUT2D eigenvalue weighted by molar-refractivity contribution is 7.98. The highest BCUT2D eigenvalue weighted by atomic mass is 32.3. The van der Waals surface area contributed by atoms with Crippen molar-refractivity contribution in [2.24, 2.45) is 10.9 Å².